The molecule has 1 aromatic heterocycles. The third-order valence-electron chi connectivity index (χ3n) is 4.68. The number of amides is 2. The second kappa shape index (κ2) is 10.2. The molecular weight excluding hydrogens is 316 g/mol. The van der Waals surface area contributed by atoms with Crippen molar-refractivity contribution in [2.45, 2.75) is 84.0 Å². The maximum Gasteiger partial charge on any atom is 0.320 e. The molecule has 1 heterocycles. The van der Waals surface area contributed by atoms with Gasteiger partial charge < -0.3 is 5.32 Å². The highest BCUT2D eigenvalue weighted by Crippen LogP contribution is 2.42. The molecule has 0 aromatic carbocycles. The topological polar surface area (TPSA) is 86.9 Å². The Labute approximate surface area is 150 Å². The van der Waals surface area contributed by atoms with Crippen LogP contribution in [-0.2, 0) is 0 Å². The Morgan fingerprint density at radius 2 is 1.72 bits per heavy atom. The number of aromatic nitrogens is 2. The summed E-state index contributed by atoms with van der Waals surface area (Å²) in [6.07, 6.45) is 12.0. The Morgan fingerprint density at radius 3 is 2.32 bits per heavy atom. The molecule has 0 spiro atoms. The van der Waals surface area contributed by atoms with E-state index in [1.807, 2.05) is 0 Å². The van der Waals surface area contributed by atoms with E-state index in [0.29, 0.717) is 23.8 Å². The van der Waals surface area contributed by atoms with Gasteiger partial charge in [0.2, 0.25) is 0 Å². The van der Waals surface area contributed by atoms with E-state index in [4.69, 9.17) is 0 Å². The van der Waals surface area contributed by atoms with Crippen LogP contribution in [0.3, 0.4) is 0 Å². The van der Waals surface area contributed by atoms with Crippen LogP contribution < -0.4 is 10.6 Å². The molecule has 0 aliphatic heterocycles. The number of carbonyl (C=O) groups is 2. The van der Waals surface area contributed by atoms with Gasteiger partial charge in [0.1, 0.15) is 0 Å². The summed E-state index contributed by atoms with van der Waals surface area (Å²) in [5.74, 6) is 0.680. The van der Waals surface area contributed by atoms with Crippen molar-refractivity contribution in [3.8, 4) is 0 Å². The summed E-state index contributed by atoms with van der Waals surface area (Å²) < 4.78 is 0. The fourth-order valence-electron chi connectivity index (χ4n) is 3.08. The van der Waals surface area contributed by atoms with Gasteiger partial charge in [-0.1, -0.05) is 51.9 Å². The number of ketones is 1. The van der Waals surface area contributed by atoms with E-state index < -0.39 is 0 Å². The summed E-state index contributed by atoms with van der Waals surface area (Å²) in [4.78, 5) is 23.9. The SMILES string of the molecule is CCCCCCCCCCNC(=O)Nc1n[nH]c(C2CC2)c1C(C)=O. The molecule has 6 nitrogen and oxygen atoms in total. The number of hydrogen-bond acceptors (Lipinski definition) is 3. The first-order chi connectivity index (χ1) is 12.1. The first kappa shape index (κ1) is 19.5. The lowest BCUT2D eigenvalue weighted by Gasteiger charge is -2.07. The number of urea groups is 1. The smallest absolute Gasteiger partial charge is 0.320 e. The van der Waals surface area contributed by atoms with Gasteiger partial charge in [-0.25, -0.2) is 4.79 Å². The van der Waals surface area contributed by atoms with Gasteiger partial charge in [0.15, 0.2) is 11.6 Å². The Balaban J connectivity index is 1.63. The minimum Gasteiger partial charge on any atom is -0.338 e. The molecule has 6 heteroatoms. The first-order valence-electron chi connectivity index (χ1n) is 9.77. The van der Waals surface area contributed by atoms with Crippen LogP contribution in [0.2, 0.25) is 0 Å². The van der Waals surface area contributed by atoms with Crippen molar-refractivity contribution in [2.24, 2.45) is 0 Å². The molecule has 0 radical (unpaired) electrons. The van der Waals surface area contributed by atoms with Gasteiger partial charge in [-0.15, -0.1) is 0 Å². The minimum atomic E-state index is -0.292. The van der Waals surface area contributed by atoms with Gasteiger partial charge in [0, 0.05) is 12.5 Å². The second-order valence-corrected chi connectivity index (χ2v) is 7.05. The Morgan fingerprint density at radius 1 is 1.08 bits per heavy atom. The normalized spacial score (nSPS) is 13.7. The molecule has 0 atom stereocenters. The lowest BCUT2D eigenvalue weighted by molar-refractivity contribution is 0.101. The predicted molar refractivity (Wildman–Crippen MR) is 100 cm³/mol. The Bertz CT molecular complexity index is 564. The van der Waals surface area contributed by atoms with Crippen molar-refractivity contribution in [1.29, 1.82) is 0 Å². The monoisotopic (exact) mass is 348 g/mol. The van der Waals surface area contributed by atoms with Crippen molar-refractivity contribution in [2.75, 3.05) is 11.9 Å². The number of carbonyl (C=O) groups excluding carboxylic acids is 2. The summed E-state index contributed by atoms with van der Waals surface area (Å²) in [5.41, 5.74) is 1.40. The Kier molecular flexibility index (Phi) is 7.95. The van der Waals surface area contributed by atoms with E-state index in [-0.39, 0.29) is 11.8 Å². The molecule has 2 amide bonds. The largest absolute Gasteiger partial charge is 0.338 e. The van der Waals surface area contributed by atoms with Crippen LogP contribution in [-0.4, -0.2) is 28.6 Å². The predicted octanol–water partition coefficient (Wildman–Crippen LogP) is 4.75. The molecule has 1 aliphatic carbocycles. The van der Waals surface area contributed by atoms with Gasteiger partial charge in [-0.3, -0.25) is 15.2 Å². The summed E-state index contributed by atoms with van der Waals surface area (Å²) in [6, 6.07) is -0.292. The number of Topliss-reactive ketones (excluding diaryl/α,β-unsaturated/α-hetero) is 1. The minimum absolute atomic E-state index is 0.0611. The molecule has 0 saturated heterocycles. The third-order valence-corrected chi connectivity index (χ3v) is 4.68. The van der Waals surface area contributed by atoms with Gasteiger partial charge in [0.25, 0.3) is 0 Å². The summed E-state index contributed by atoms with van der Waals surface area (Å²) in [7, 11) is 0. The van der Waals surface area contributed by atoms with Gasteiger partial charge in [-0.05, 0) is 26.2 Å². The van der Waals surface area contributed by atoms with Crippen LogP contribution in [0, 0.1) is 0 Å². The zero-order chi connectivity index (χ0) is 18.1. The molecule has 1 aromatic rings. The quantitative estimate of drug-likeness (QED) is 0.376. The third kappa shape index (κ3) is 6.52. The standard InChI is InChI=1S/C19H32N4O2/c1-3-4-5-6-7-8-9-10-13-20-19(25)21-18-16(14(2)24)17(22-23-18)15-11-12-15/h15H,3-13H2,1-2H3,(H3,20,21,22,23,25). The average Bonchev–Trinajstić information content (AvgIpc) is 3.34. The number of hydrogen-bond donors (Lipinski definition) is 3. The number of rotatable bonds is 12. The average molecular weight is 348 g/mol. The summed E-state index contributed by atoms with van der Waals surface area (Å²) in [5, 5.41) is 12.6. The zero-order valence-electron chi connectivity index (χ0n) is 15.6. The van der Waals surface area contributed by atoms with Crippen LogP contribution in [0.4, 0.5) is 10.6 Å². The number of unbranched alkanes of at least 4 members (excludes halogenated alkanes) is 7. The van der Waals surface area contributed by atoms with Crippen molar-refractivity contribution in [1.82, 2.24) is 15.5 Å². The molecule has 0 bridgehead atoms. The molecule has 140 valence electrons. The van der Waals surface area contributed by atoms with E-state index in [9.17, 15) is 9.59 Å². The van der Waals surface area contributed by atoms with Crippen LogP contribution in [0.5, 0.6) is 0 Å². The zero-order valence-corrected chi connectivity index (χ0v) is 15.6. The van der Waals surface area contributed by atoms with Crippen molar-refractivity contribution in [3.63, 3.8) is 0 Å². The van der Waals surface area contributed by atoms with E-state index in [1.54, 1.807) is 0 Å². The molecule has 0 unspecified atom stereocenters. The lowest BCUT2D eigenvalue weighted by atomic mass is 10.1. The van der Waals surface area contributed by atoms with Gasteiger partial charge >= 0.3 is 6.03 Å². The summed E-state index contributed by atoms with van der Waals surface area (Å²) in [6.45, 7) is 4.39. The molecular formula is C19H32N4O2. The number of aromatic amines is 1. The van der Waals surface area contributed by atoms with E-state index in [2.05, 4.69) is 27.8 Å². The number of nitrogens with one attached hydrogen (secondary N) is 3. The lowest BCUT2D eigenvalue weighted by Crippen LogP contribution is -2.30. The second-order valence-electron chi connectivity index (χ2n) is 7.05. The molecule has 2 rings (SSSR count). The van der Waals surface area contributed by atoms with Crippen LogP contribution in [0.1, 0.15) is 100 Å². The number of anilines is 1. The highest BCUT2D eigenvalue weighted by molar-refractivity contribution is 6.03. The van der Waals surface area contributed by atoms with Crippen molar-refractivity contribution in [3.05, 3.63) is 11.3 Å². The van der Waals surface area contributed by atoms with E-state index >= 15 is 0 Å². The number of nitrogens with zero attached hydrogens (tertiary/aromatic N) is 1. The van der Waals surface area contributed by atoms with E-state index in [1.165, 1.54) is 45.4 Å². The first-order valence-corrected chi connectivity index (χ1v) is 9.77. The summed E-state index contributed by atoms with van der Waals surface area (Å²) >= 11 is 0. The highest BCUT2D eigenvalue weighted by atomic mass is 16.2. The number of H-pyrrole nitrogens is 1. The van der Waals surface area contributed by atoms with Gasteiger partial charge in [0.05, 0.1) is 11.3 Å². The van der Waals surface area contributed by atoms with Gasteiger partial charge in [-0.2, -0.15) is 5.10 Å². The molecule has 1 saturated carbocycles. The van der Waals surface area contributed by atoms with Crippen LogP contribution in [0.15, 0.2) is 0 Å². The maximum atomic E-state index is 12.0. The van der Waals surface area contributed by atoms with Crippen molar-refractivity contribution < 1.29 is 9.59 Å². The fourth-order valence-corrected chi connectivity index (χ4v) is 3.08. The van der Waals surface area contributed by atoms with Crippen LogP contribution in [0.25, 0.3) is 0 Å². The molecule has 1 aliphatic rings. The molecule has 25 heavy (non-hydrogen) atoms. The molecule has 3 N–H and O–H groups in total. The van der Waals surface area contributed by atoms with Crippen molar-refractivity contribution >= 4 is 17.6 Å². The maximum absolute atomic E-state index is 12.0. The highest BCUT2D eigenvalue weighted by Gasteiger charge is 2.31. The fraction of sp³-hybridized carbons (Fsp3) is 0.737. The van der Waals surface area contributed by atoms with Crippen LogP contribution >= 0.6 is 0 Å². The van der Waals surface area contributed by atoms with E-state index in [0.717, 1.165) is 31.4 Å². The Hall–Kier alpha value is -1.85. The molecule has 1 fully saturated rings.